The fourth-order valence-corrected chi connectivity index (χ4v) is 3.50. The van der Waals surface area contributed by atoms with Crippen LogP contribution in [0.15, 0.2) is 35.5 Å². The van der Waals surface area contributed by atoms with Crippen LogP contribution < -0.4 is 10.0 Å². The lowest BCUT2D eigenvalue weighted by Gasteiger charge is -2.22. The molecule has 8 heteroatoms. The van der Waals surface area contributed by atoms with E-state index >= 15 is 0 Å². The van der Waals surface area contributed by atoms with Gasteiger partial charge >= 0.3 is 0 Å². The van der Waals surface area contributed by atoms with E-state index in [2.05, 4.69) is 10.2 Å². The van der Waals surface area contributed by atoms with E-state index in [0.29, 0.717) is 5.56 Å². The third-order valence-corrected chi connectivity index (χ3v) is 4.76. The maximum atomic E-state index is 13.8. The highest BCUT2D eigenvalue weighted by molar-refractivity contribution is 7.92. The Balaban J connectivity index is 2.54. The first-order valence-electron chi connectivity index (χ1n) is 6.02. The van der Waals surface area contributed by atoms with Crippen molar-refractivity contribution >= 4 is 15.7 Å². The SMILES string of the molecule is CCN(c1ccccc1F)S(=O)(=O)c1[nH]ncc1CN. The Morgan fingerprint density at radius 1 is 1.40 bits per heavy atom. The van der Waals surface area contributed by atoms with Crippen LogP contribution in [0.25, 0.3) is 0 Å². The zero-order valence-electron chi connectivity index (χ0n) is 10.9. The highest BCUT2D eigenvalue weighted by atomic mass is 32.2. The summed E-state index contributed by atoms with van der Waals surface area (Å²) in [5, 5.41) is 6.00. The van der Waals surface area contributed by atoms with Crippen LogP contribution in [0, 0.1) is 5.82 Å². The van der Waals surface area contributed by atoms with Crippen molar-refractivity contribution in [2.45, 2.75) is 18.5 Å². The first-order valence-corrected chi connectivity index (χ1v) is 7.46. The quantitative estimate of drug-likeness (QED) is 0.868. The number of para-hydroxylation sites is 1. The molecule has 0 aliphatic carbocycles. The molecular weight excluding hydrogens is 283 g/mol. The Labute approximate surface area is 116 Å². The van der Waals surface area contributed by atoms with Crippen molar-refractivity contribution in [2.24, 2.45) is 5.73 Å². The minimum Gasteiger partial charge on any atom is -0.326 e. The molecule has 2 aromatic rings. The molecule has 1 aromatic carbocycles. The van der Waals surface area contributed by atoms with E-state index in [4.69, 9.17) is 5.73 Å². The molecule has 2 rings (SSSR count). The maximum Gasteiger partial charge on any atom is 0.281 e. The molecule has 1 heterocycles. The lowest BCUT2D eigenvalue weighted by atomic mass is 10.3. The Bertz CT molecular complexity index is 699. The summed E-state index contributed by atoms with van der Waals surface area (Å²) >= 11 is 0. The molecule has 0 aliphatic heterocycles. The summed E-state index contributed by atoms with van der Waals surface area (Å²) in [5.41, 5.74) is 5.84. The third kappa shape index (κ3) is 2.39. The van der Waals surface area contributed by atoms with Crippen LogP contribution in [0.1, 0.15) is 12.5 Å². The number of nitrogens with two attached hydrogens (primary N) is 1. The van der Waals surface area contributed by atoms with Crippen LogP contribution >= 0.6 is 0 Å². The van der Waals surface area contributed by atoms with Crippen LogP contribution in [0.4, 0.5) is 10.1 Å². The van der Waals surface area contributed by atoms with Gasteiger partial charge in [0.15, 0.2) is 5.03 Å². The number of H-pyrrole nitrogens is 1. The molecule has 20 heavy (non-hydrogen) atoms. The highest BCUT2D eigenvalue weighted by Gasteiger charge is 2.29. The van der Waals surface area contributed by atoms with Crippen molar-refractivity contribution < 1.29 is 12.8 Å². The van der Waals surface area contributed by atoms with Gasteiger partial charge in [-0.1, -0.05) is 12.1 Å². The number of aromatic nitrogens is 2. The maximum absolute atomic E-state index is 13.8. The number of hydrogen-bond acceptors (Lipinski definition) is 4. The van der Waals surface area contributed by atoms with E-state index in [1.807, 2.05) is 0 Å². The second-order valence-electron chi connectivity index (χ2n) is 4.05. The summed E-state index contributed by atoms with van der Waals surface area (Å²) in [5.74, 6) is -0.605. The molecule has 0 atom stereocenters. The normalized spacial score (nSPS) is 11.6. The van der Waals surface area contributed by atoms with Gasteiger partial charge in [-0.2, -0.15) is 13.5 Å². The van der Waals surface area contributed by atoms with Crippen molar-refractivity contribution in [1.82, 2.24) is 10.2 Å². The minimum atomic E-state index is -3.93. The Morgan fingerprint density at radius 3 is 2.70 bits per heavy atom. The molecule has 6 nitrogen and oxygen atoms in total. The predicted octanol–water partition coefficient (Wildman–Crippen LogP) is 1.22. The smallest absolute Gasteiger partial charge is 0.281 e. The lowest BCUT2D eigenvalue weighted by molar-refractivity contribution is 0.581. The Kier molecular flexibility index (Phi) is 4.05. The first kappa shape index (κ1) is 14.5. The molecule has 0 saturated heterocycles. The minimum absolute atomic E-state index is 0.00688. The van der Waals surface area contributed by atoms with Gasteiger partial charge in [0, 0.05) is 18.7 Å². The number of benzene rings is 1. The van der Waals surface area contributed by atoms with Gasteiger partial charge in [-0.15, -0.1) is 0 Å². The van der Waals surface area contributed by atoms with Crippen LogP contribution in [-0.4, -0.2) is 25.2 Å². The topological polar surface area (TPSA) is 92.1 Å². The Hall–Kier alpha value is -1.93. The number of aromatic amines is 1. The number of nitrogens with one attached hydrogen (secondary N) is 1. The first-order chi connectivity index (χ1) is 9.52. The van der Waals surface area contributed by atoms with Crippen molar-refractivity contribution in [3.63, 3.8) is 0 Å². The molecule has 0 aliphatic rings. The molecule has 0 spiro atoms. The average Bonchev–Trinajstić information content (AvgIpc) is 2.90. The molecule has 0 unspecified atom stereocenters. The molecule has 108 valence electrons. The number of anilines is 1. The Morgan fingerprint density at radius 2 is 2.10 bits per heavy atom. The van der Waals surface area contributed by atoms with E-state index in [0.717, 1.165) is 4.31 Å². The predicted molar refractivity (Wildman–Crippen MR) is 73.1 cm³/mol. The lowest BCUT2D eigenvalue weighted by Crippen LogP contribution is -2.32. The standard InChI is InChI=1S/C12H15FN4O2S/c1-2-17(11-6-4-3-5-10(11)13)20(18,19)12-9(7-14)8-15-16-12/h3-6,8H,2,7,14H2,1H3,(H,15,16). The number of nitrogens with zero attached hydrogens (tertiary/aromatic N) is 2. The van der Waals surface area contributed by atoms with E-state index in [1.165, 1.54) is 24.4 Å². The fourth-order valence-electron chi connectivity index (χ4n) is 1.90. The monoisotopic (exact) mass is 298 g/mol. The van der Waals surface area contributed by atoms with Crippen molar-refractivity contribution in [2.75, 3.05) is 10.8 Å². The average molecular weight is 298 g/mol. The van der Waals surface area contributed by atoms with Crippen molar-refractivity contribution in [3.8, 4) is 0 Å². The van der Waals surface area contributed by atoms with Crippen molar-refractivity contribution in [3.05, 3.63) is 41.8 Å². The number of rotatable bonds is 5. The molecule has 0 amide bonds. The van der Waals surface area contributed by atoms with Crippen molar-refractivity contribution in [1.29, 1.82) is 0 Å². The number of hydrogen-bond donors (Lipinski definition) is 2. The van der Waals surface area contributed by atoms with Gasteiger partial charge in [-0.25, -0.2) is 4.39 Å². The molecular formula is C12H15FN4O2S. The molecule has 0 bridgehead atoms. The van der Waals surface area contributed by atoms with E-state index < -0.39 is 15.8 Å². The van der Waals surface area contributed by atoms with E-state index in [9.17, 15) is 12.8 Å². The summed E-state index contributed by atoms with van der Waals surface area (Å²) in [6.07, 6.45) is 1.35. The van der Waals surface area contributed by atoms with E-state index in [-0.39, 0.29) is 23.8 Å². The van der Waals surface area contributed by atoms with Crippen LogP contribution in [0.3, 0.4) is 0 Å². The zero-order valence-corrected chi connectivity index (χ0v) is 11.7. The summed E-state index contributed by atoms with van der Waals surface area (Å²) in [7, 11) is -3.93. The molecule has 0 saturated carbocycles. The second kappa shape index (κ2) is 5.59. The van der Waals surface area contributed by atoms with Crippen LogP contribution in [0.2, 0.25) is 0 Å². The number of halogens is 1. The number of sulfonamides is 1. The highest BCUT2D eigenvalue weighted by Crippen LogP contribution is 2.26. The van der Waals surface area contributed by atoms with Gasteiger partial charge in [0.05, 0.1) is 11.9 Å². The van der Waals surface area contributed by atoms with Gasteiger partial charge in [0.1, 0.15) is 5.82 Å². The summed E-state index contributed by atoms with van der Waals surface area (Å²) in [6, 6.07) is 5.70. The van der Waals surface area contributed by atoms with E-state index in [1.54, 1.807) is 13.0 Å². The van der Waals surface area contributed by atoms with Crippen LogP contribution in [-0.2, 0) is 16.6 Å². The second-order valence-corrected chi connectivity index (χ2v) is 5.85. The third-order valence-electron chi connectivity index (χ3n) is 2.85. The summed E-state index contributed by atoms with van der Waals surface area (Å²) in [4.78, 5) is 0. The summed E-state index contributed by atoms with van der Waals surface area (Å²) < 4.78 is 40.0. The zero-order chi connectivity index (χ0) is 14.8. The fraction of sp³-hybridized carbons (Fsp3) is 0.250. The molecule has 0 radical (unpaired) electrons. The van der Waals surface area contributed by atoms with Gasteiger partial charge in [0.25, 0.3) is 10.0 Å². The van der Waals surface area contributed by atoms with Gasteiger partial charge in [-0.05, 0) is 19.1 Å². The van der Waals surface area contributed by atoms with Gasteiger partial charge < -0.3 is 5.73 Å². The molecule has 3 N–H and O–H groups in total. The van der Waals surface area contributed by atoms with Gasteiger partial charge in [0.2, 0.25) is 0 Å². The largest absolute Gasteiger partial charge is 0.326 e. The van der Waals surface area contributed by atoms with Crippen LogP contribution in [0.5, 0.6) is 0 Å². The summed E-state index contributed by atoms with van der Waals surface area (Å²) in [6.45, 7) is 1.74. The molecule has 1 aromatic heterocycles. The van der Waals surface area contributed by atoms with Gasteiger partial charge in [-0.3, -0.25) is 9.40 Å². The molecule has 0 fully saturated rings.